The molecular formula is C22H18ClN7O. The highest BCUT2D eigenvalue weighted by Crippen LogP contribution is 2.28. The molecule has 0 saturated heterocycles. The fraction of sp³-hybridized carbons (Fsp3) is 0.0909. The van der Waals surface area contributed by atoms with Gasteiger partial charge in [-0.05, 0) is 36.5 Å². The first-order chi connectivity index (χ1) is 17.0. The van der Waals surface area contributed by atoms with E-state index in [2.05, 4.69) is 15.3 Å². The molecule has 0 amide bonds. The summed E-state index contributed by atoms with van der Waals surface area (Å²) in [6.45, 7) is 1.63. The Kier molecular flexibility index (Phi) is 3.81. The number of pyridine rings is 1. The Morgan fingerprint density at radius 1 is 1.26 bits per heavy atom. The third-order valence-electron chi connectivity index (χ3n) is 4.60. The molecule has 0 saturated carbocycles. The third-order valence-corrected chi connectivity index (χ3v) is 4.91. The number of halogens is 1. The standard InChI is InChI=1S/C22H18ClN7O/c1-12(27-20-15(11-24)19(25)28-22(26)29-20)17-10-13-6-5-9-16(23)18(13)21(31)30(17)14-7-3-2-4-8-14/h2-10,12H,1H3,(H5,25,26,27,28,29)/t12-/m0/s1/i2D,3D,4D,7D,8D. The molecule has 8 nitrogen and oxygen atoms in total. The van der Waals surface area contributed by atoms with E-state index in [0.29, 0.717) is 5.39 Å². The molecule has 4 aromatic rings. The number of anilines is 3. The molecule has 1 atom stereocenters. The average molecular weight is 437 g/mol. The van der Waals surface area contributed by atoms with Crippen molar-refractivity contribution >= 4 is 40.0 Å². The first kappa shape index (κ1) is 14.8. The van der Waals surface area contributed by atoms with Gasteiger partial charge >= 0.3 is 0 Å². The van der Waals surface area contributed by atoms with Crippen molar-refractivity contribution in [1.82, 2.24) is 14.5 Å². The maximum Gasteiger partial charge on any atom is 0.264 e. The second kappa shape index (κ2) is 7.97. The lowest BCUT2D eigenvalue weighted by Gasteiger charge is -2.22. The lowest BCUT2D eigenvalue weighted by Crippen LogP contribution is -2.26. The zero-order chi connectivity index (χ0) is 26.5. The number of para-hydroxylation sites is 1. The molecule has 2 aromatic heterocycles. The SMILES string of the molecule is [2H]c1c([2H])c([2H])c(-n2c([C@H](C)Nc3nc(N)nc(N)c3C#N)cc3cccc(Cl)c3c2=O)c([2H])c1[2H]. The highest BCUT2D eigenvalue weighted by atomic mass is 35.5. The zero-order valence-corrected chi connectivity index (χ0v) is 16.9. The van der Waals surface area contributed by atoms with E-state index < -0.39 is 41.8 Å². The van der Waals surface area contributed by atoms with Gasteiger partial charge in [0.25, 0.3) is 5.56 Å². The molecule has 0 bridgehead atoms. The Labute approximate surface area is 189 Å². The van der Waals surface area contributed by atoms with Crippen molar-refractivity contribution in [1.29, 1.82) is 5.26 Å². The Balaban J connectivity index is 2.07. The fourth-order valence-electron chi connectivity index (χ4n) is 3.23. The van der Waals surface area contributed by atoms with Crippen molar-refractivity contribution in [3.05, 3.63) is 81.1 Å². The van der Waals surface area contributed by atoms with Gasteiger partial charge in [-0.3, -0.25) is 9.36 Å². The van der Waals surface area contributed by atoms with Crippen LogP contribution in [0.4, 0.5) is 17.6 Å². The van der Waals surface area contributed by atoms with Crippen LogP contribution in [0, 0.1) is 11.3 Å². The van der Waals surface area contributed by atoms with Gasteiger partial charge in [0.1, 0.15) is 17.5 Å². The van der Waals surface area contributed by atoms with Gasteiger partial charge in [0.2, 0.25) is 5.95 Å². The van der Waals surface area contributed by atoms with Crippen molar-refractivity contribution < 1.29 is 6.85 Å². The number of nitrogens with one attached hydrogen (secondary N) is 1. The Bertz CT molecular complexity index is 1640. The Morgan fingerprint density at radius 3 is 2.71 bits per heavy atom. The van der Waals surface area contributed by atoms with E-state index in [9.17, 15) is 10.1 Å². The molecule has 0 aliphatic heterocycles. The van der Waals surface area contributed by atoms with Gasteiger partial charge in [-0.25, -0.2) is 0 Å². The fourth-order valence-corrected chi connectivity index (χ4v) is 3.50. The van der Waals surface area contributed by atoms with Crippen molar-refractivity contribution in [2.24, 2.45) is 0 Å². The van der Waals surface area contributed by atoms with Gasteiger partial charge in [0, 0.05) is 11.4 Å². The van der Waals surface area contributed by atoms with Gasteiger partial charge in [0.05, 0.1) is 23.3 Å². The molecule has 5 N–H and O–H groups in total. The van der Waals surface area contributed by atoms with Crippen LogP contribution < -0.4 is 22.3 Å². The van der Waals surface area contributed by atoms with E-state index in [4.69, 9.17) is 29.9 Å². The predicted molar refractivity (Wildman–Crippen MR) is 122 cm³/mol. The smallest absolute Gasteiger partial charge is 0.264 e. The number of rotatable bonds is 4. The molecule has 0 radical (unpaired) electrons. The minimum absolute atomic E-state index is 0.00116. The molecule has 0 fully saturated rings. The largest absolute Gasteiger partial charge is 0.382 e. The van der Waals surface area contributed by atoms with Gasteiger partial charge < -0.3 is 16.8 Å². The average Bonchev–Trinajstić information content (AvgIpc) is 2.82. The lowest BCUT2D eigenvalue weighted by atomic mass is 10.1. The van der Waals surface area contributed by atoms with Crippen LogP contribution in [0.2, 0.25) is 5.02 Å². The summed E-state index contributed by atoms with van der Waals surface area (Å²) in [5.74, 6) is -0.330. The molecule has 9 heteroatoms. The van der Waals surface area contributed by atoms with Crippen LogP contribution in [0.3, 0.4) is 0 Å². The van der Waals surface area contributed by atoms with Gasteiger partial charge in [0.15, 0.2) is 5.82 Å². The summed E-state index contributed by atoms with van der Waals surface area (Å²) in [5.41, 5.74) is 10.6. The van der Waals surface area contributed by atoms with Crippen molar-refractivity contribution in [3.63, 3.8) is 0 Å². The number of nitrogens with two attached hydrogens (primary N) is 2. The van der Waals surface area contributed by atoms with E-state index >= 15 is 0 Å². The van der Waals surface area contributed by atoms with Crippen molar-refractivity contribution in [2.45, 2.75) is 13.0 Å². The lowest BCUT2D eigenvalue weighted by molar-refractivity contribution is 0.773. The maximum atomic E-state index is 13.8. The number of fused-ring (bicyclic) bond motifs is 1. The second-order valence-corrected chi connectivity index (χ2v) is 6.96. The summed E-state index contributed by atoms with van der Waals surface area (Å²) >= 11 is 6.32. The van der Waals surface area contributed by atoms with Crippen LogP contribution in [0.25, 0.3) is 16.5 Å². The maximum absolute atomic E-state index is 13.8. The number of aromatic nitrogens is 3. The molecule has 0 aliphatic rings. The summed E-state index contributed by atoms with van der Waals surface area (Å²) in [6, 6.07) is 4.57. The van der Waals surface area contributed by atoms with E-state index in [1.165, 1.54) is 6.07 Å². The number of nitriles is 1. The predicted octanol–water partition coefficient (Wildman–Crippen LogP) is 3.64. The zero-order valence-electron chi connectivity index (χ0n) is 21.1. The van der Waals surface area contributed by atoms with Crippen LogP contribution in [-0.2, 0) is 0 Å². The highest BCUT2D eigenvalue weighted by Gasteiger charge is 2.20. The molecule has 0 spiro atoms. The Hall–Kier alpha value is -4.09. The summed E-state index contributed by atoms with van der Waals surface area (Å²) in [6.07, 6.45) is 0. The van der Waals surface area contributed by atoms with Crippen LogP contribution in [0.5, 0.6) is 0 Å². The third kappa shape index (κ3) is 3.63. The number of benzene rings is 2. The monoisotopic (exact) mass is 436 g/mol. The minimum atomic E-state index is -0.806. The topological polar surface area (TPSA) is 136 Å². The van der Waals surface area contributed by atoms with Crippen LogP contribution in [0.1, 0.15) is 31.1 Å². The van der Waals surface area contributed by atoms with Gasteiger partial charge in [-0.1, -0.05) is 41.9 Å². The molecule has 154 valence electrons. The molecule has 2 heterocycles. The van der Waals surface area contributed by atoms with E-state index in [1.807, 2.05) is 6.07 Å². The van der Waals surface area contributed by atoms with E-state index in [0.717, 1.165) is 4.57 Å². The molecule has 2 aromatic carbocycles. The van der Waals surface area contributed by atoms with E-state index in [-0.39, 0.29) is 44.9 Å². The summed E-state index contributed by atoms with van der Waals surface area (Å²) < 4.78 is 41.9. The number of nitrogen functional groups attached to an aromatic ring is 2. The summed E-state index contributed by atoms with van der Waals surface area (Å²) in [5, 5.41) is 13.2. The van der Waals surface area contributed by atoms with Crippen LogP contribution >= 0.6 is 11.6 Å². The minimum Gasteiger partial charge on any atom is -0.382 e. The second-order valence-electron chi connectivity index (χ2n) is 6.56. The van der Waals surface area contributed by atoms with Crippen molar-refractivity contribution in [2.75, 3.05) is 16.8 Å². The molecular weight excluding hydrogens is 414 g/mol. The Morgan fingerprint density at radius 2 is 2.00 bits per heavy atom. The van der Waals surface area contributed by atoms with Crippen LogP contribution in [0.15, 0.2) is 59.3 Å². The number of hydrogen-bond donors (Lipinski definition) is 3. The molecule has 31 heavy (non-hydrogen) atoms. The first-order valence-corrected chi connectivity index (χ1v) is 9.36. The quantitative estimate of drug-likeness (QED) is 0.444. The first-order valence-electron chi connectivity index (χ1n) is 11.5. The van der Waals surface area contributed by atoms with Gasteiger partial charge in [-0.15, -0.1) is 0 Å². The normalized spacial score (nSPS) is 14.0. The van der Waals surface area contributed by atoms with Gasteiger partial charge in [-0.2, -0.15) is 15.2 Å². The number of hydrogen-bond acceptors (Lipinski definition) is 7. The van der Waals surface area contributed by atoms with Crippen LogP contribution in [-0.4, -0.2) is 14.5 Å². The highest BCUT2D eigenvalue weighted by molar-refractivity contribution is 6.35. The molecule has 0 aliphatic carbocycles. The number of nitrogens with zero attached hydrogens (tertiary/aromatic N) is 4. The van der Waals surface area contributed by atoms with E-state index in [1.54, 1.807) is 25.1 Å². The van der Waals surface area contributed by atoms with Crippen molar-refractivity contribution in [3.8, 4) is 11.8 Å². The summed E-state index contributed by atoms with van der Waals surface area (Å²) in [7, 11) is 0. The molecule has 0 unspecified atom stereocenters. The summed E-state index contributed by atoms with van der Waals surface area (Å²) in [4.78, 5) is 21.6. The molecule has 4 rings (SSSR count).